The summed E-state index contributed by atoms with van der Waals surface area (Å²) in [5.41, 5.74) is 6.92. The van der Waals surface area contributed by atoms with Crippen LogP contribution < -0.4 is 20.7 Å². The fraction of sp³-hybridized carbons (Fsp3) is 0.0952. The average molecular weight is 409 g/mol. The number of hydrogen-bond donors (Lipinski definition) is 2. The van der Waals surface area contributed by atoms with Crippen LogP contribution in [0.15, 0.2) is 66.7 Å². The van der Waals surface area contributed by atoms with Gasteiger partial charge < -0.3 is 15.8 Å². The highest BCUT2D eigenvalue weighted by Gasteiger charge is 2.37. The Labute approximate surface area is 172 Å². The Hall–Kier alpha value is -3.58. The van der Waals surface area contributed by atoms with Gasteiger partial charge in [-0.15, -0.1) is 0 Å². The summed E-state index contributed by atoms with van der Waals surface area (Å²) in [5.74, 6) is -0.0315. The fourth-order valence-corrected chi connectivity index (χ4v) is 3.23. The van der Waals surface area contributed by atoms with Crippen molar-refractivity contribution in [1.29, 1.82) is 0 Å². The maximum Gasteiger partial charge on any atom is 0.274 e. The van der Waals surface area contributed by atoms with E-state index in [-0.39, 0.29) is 18.2 Å². The molecule has 1 aromatic heterocycles. The third-order valence-corrected chi connectivity index (χ3v) is 4.73. The molecule has 1 aliphatic heterocycles. The van der Waals surface area contributed by atoms with Crippen molar-refractivity contribution in [2.75, 3.05) is 22.5 Å². The number of nitrogens with two attached hydrogens (primary N) is 1. The van der Waals surface area contributed by atoms with E-state index in [0.717, 1.165) is 0 Å². The summed E-state index contributed by atoms with van der Waals surface area (Å²) in [4.78, 5) is 31.3. The molecule has 0 spiro atoms. The Kier molecular flexibility index (Phi) is 5.05. The summed E-state index contributed by atoms with van der Waals surface area (Å²) >= 11 is 6.10. The molecule has 0 saturated carbocycles. The van der Waals surface area contributed by atoms with Crippen LogP contribution in [0.5, 0.6) is 5.75 Å². The first-order valence-corrected chi connectivity index (χ1v) is 9.24. The Morgan fingerprint density at radius 1 is 1.10 bits per heavy atom. The minimum atomic E-state index is -0.887. The first-order valence-electron chi connectivity index (χ1n) is 8.87. The van der Waals surface area contributed by atoms with Crippen molar-refractivity contribution in [3.63, 3.8) is 0 Å². The smallest absolute Gasteiger partial charge is 0.274 e. The van der Waals surface area contributed by atoms with Gasteiger partial charge in [0.25, 0.3) is 5.91 Å². The van der Waals surface area contributed by atoms with Crippen LogP contribution in [-0.4, -0.2) is 23.3 Å². The lowest BCUT2D eigenvalue weighted by atomic mass is 10.1. The van der Waals surface area contributed by atoms with Crippen LogP contribution in [0.25, 0.3) is 0 Å². The molecule has 0 fully saturated rings. The maximum atomic E-state index is 13.2. The molecule has 7 nitrogen and oxygen atoms in total. The van der Waals surface area contributed by atoms with Crippen molar-refractivity contribution in [3.8, 4) is 5.75 Å². The number of pyridine rings is 1. The van der Waals surface area contributed by atoms with Gasteiger partial charge in [-0.2, -0.15) is 0 Å². The lowest BCUT2D eigenvalue weighted by Gasteiger charge is -2.33. The number of amides is 2. The number of nitrogens with one attached hydrogen (secondary N) is 1. The molecule has 2 heterocycles. The summed E-state index contributed by atoms with van der Waals surface area (Å²) in [6.07, 6.45) is -0.887. The van der Waals surface area contributed by atoms with Gasteiger partial charge in [0.05, 0.1) is 10.7 Å². The molecule has 0 radical (unpaired) electrons. The van der Waals surface area contributed by atoms with Gasteiger partial charge in [-0.1, -0.05) is 54.1 Å². The second-order valence-electron chi connectivity index (χ2n) is 6.42. The summed E-state index contributed by atoms with van der Waals surface area (Å²) in [6, 6.07) is 19.1. The zero-order chi connectivity index (χ0) is 20.4. The first kappa shape index (κ1) is 18.8. The predicted molar refractivity (Wildman–Crippen MR) is 111 cm³/mol. The van der Waals surface area contributed by atoms with E-state index < -0.39 is 17.9 Å². The van der Waals surface area contributed by atoms with Crippen molar-refractivity contribution < 1.29 is 14.3 Å². The molecule has 2 aromatic carbocycles. The van der Waals surface area contributed by atoms with Gasteiger partial charge >= 0.3 is 0 Å². The van der Waals surface area contributed by atoms with Gasteiger partial charge in [0.2, 0.25) is 12.0 Å². The van der Waals surface area contributed by atoms with Crippen molar-refractivity contribution in [3.05, 3.63) is 77.3 Å². The summed E-state index contributed by atoms with van der Waals surface area (Å²) in [6.45, 7) is -0.264. The van der Waals surface area contributed by atoms with Crippen LogP contribution in [0.1, 0.15) is 11.7 Å². The van der Waals surface area contributed by atoms with Gasteiger partial charge in [-0.3, -0.25) is 14.5 Å². The molecule has 29 heavy (non-hydrogen) atoms. The van der Waals surface area contributed by atoms with Gasteiger partial charge in [0.15, 0.2) is 11.6 Å². The van der Waals surface area contributed by atoms with Gasteiger partial charge in [-0.25, -0.2) is 4.98 Å². The molecular weight excluding hydrogens is 392 g/mol. The fourth-order valence-electron chi connectivity index (χ4n) is 3.05. The van der Waals surface area contributed by atoms with E-state index >= 15 is 0 Å². The number of ether oxygens (including phenoxy) is 1. The zero-order valence-corrected chi connectivity index (χ0v) is 16.0. The molecule has 1 atom stereocenters. The largest absolute Gasteiger partial charge is 0.472 e. The van der Waals surface area contributed by atoms with Crippen molar-refractivity contribution in [1.82, 2.24) is 4.98 Å². The Bertz CT molecular complexity index is 1070. The number of fused-ring (bicyclic) bond motifs is 1. The number of para-hydroxylation sites is 1. The molecule has 1 aliphatic rings. The van der Waals surface area contributed by atoms with Crippen LogP contribution >= 0.6 is 11.6 Å². The summed E-state index contributed by atoms with van der Waals surface area (Å²) < 4.78 is 5.87. The molecule has 0 bridgehead atoms. The van der Waals surface area contributed by atoms with Gasteiger partial charge in [0, 0.05) is 5.56 Å². The van der Waals surface area contributed by atoms with Crippen LogP contribution in [-0.2, 0) is 9.59 Å². The van der Waals surface area contributed by atoms with Crippen LogP contribution in [0.2, 0.25) is 5.02 Å². The molecular formula is C21H17ClN4O3. The van der Waals surface area contributed by atoms with E-state index in [1.807, 2.05) is 18.2 Å². The molecule has 2 amide bonds. The maximum absolute atomic E-state index is 13.2. The van der Waals surface area contributed by atoms with Crippen LogP contribution in [0.4, 0.5) is 17.3 Å². The number of anilines is 3. The number of aromatic nitrogens is 1. The quantitative estimate of drug-likeness (QED) is 0.689. The van der Waals surface area contributed by atoms with Gasteiger partial charge in [-0.05, 0) is 24.3 Å². The third kappa shape index (κ3) is 3.86. The van der Waals surface area contributed by atoms with Crippen molar-refractivity contribution in [2.45, 2.75) is 6.10 Å². The van der Waals surface area contributed by atoms with E-state index in [4.69, 9.17) is 22.1 Å². The second-order valence-corrected chi connectivity index (χ2v) is 6.83. The highest BCUT2D eigenvalue weighted by molar-refractivity contribution is 6.33. The number of benzene rings is 2. The SMILES string of the molecule is Nc1ccc2c(n1)N(CC(=O)Nc1ccccc1Cl)C(=O)C(c1ccccc1)O2. The number of nitrogens with zero attached hydrogens (tertiary/aromatic N) is 2. The van der Waals surface area contributed by atoms with E-state index in [0.29, 0.717) is 22.0 Å². The highest BCUT2D eigenvalue weighted by Crippen LogP contribution is 2.38. The molecule has 0 saturated heterocycles. The number of halogens is 1. The third-order valence-electron chi connectivity index (χ3n) is 4.40. The second kappa shape index (κ2) is 7.81. The molecule has 1 unspecified atom stereocenters. The Morgan fingerprint density at radius 2 is 1.83 bits per heavy atom. The highest BCUT2D eigenvalue weighted by atomic mass is 35.5. The van der Waals surface area contributed by atoms with E-state index in [1.54, 1.807) is 48.5 Å². The van der Waals surface area contributed by atoms with Gasteiger partial charge in [0.1, 0.15) is 12.4 Å². The monoisotopic (exact) mass is 408 g/mol. The average Bonchev–Trinajstić information content (AvgIpc) is 2.72. The lowest BCUT2D eigenvalue weighted by molar-refractivity contribution is -0.128. The summed E-state index contributed by atoms with van der Waals surface area (Å²) in [5, 5.41) is 3.12. The number of carbonyl (C=O) groups is 2. The number of rotatable bonds is 4. The Morgan fingerprint density at radius 3 is 2.59 bits per heavy atom. The van der Waals surface area contributed by atoms with Crippen LogP contribution in [0, 0.1) is 0 Å². The molecule has 146 valence electrons. The molecule has 8 heteroatoms. The number of hydrogen-bond acceptors (Lipinski definition) is 5. The topological polar surface area (TPSA) is 97.5 Å². The minimum Gasteiger partial charge on any atom is -0.472 e. The standard InChI is InChI=1S/C21H17ClN4O3/c22-14-8-4-5-9-15(14)24-18(27)12-26-20-16(10-11-17(23)25-20)29-19(21(26)28)13-6-2-1-3-7-13/h1-11,19H,12H2,(H2,23,25)(H,24,27). The van der Waals surface area contributed by atoms with Crippen molar-refractivity contribution >= 4 is 40.7 Å². The molecule has 4 rings (SSSR count). The van der Waals surface area contributed by atoms with E-state index in [9.17, 15) is 9.59 Å². The van der Waals surface area contributed by atoms with Crippen LogP contribution in [0.3, 0.4) is 0 Å². The zero-order valence-electron chi connectivity index (χ0n) is 15.2. The number of nitrogen functional groups attached to an aromatic ring is 1. The predicted octanol–water partition coefficient (Wildman–Crippen LogP) is 3.42. The minimum absolute atomic E-state index is 0.205. The number of carbonyl (C=O) groups excluding carboxylic acids is 2. The molecule has 3 N–H and O–H groups in total. The molecule has 0 aliphatic carbocycles. The normalized spacial score (nSPS) is 15.4. The Balaban J connectivity index is 1.65. The van der Waals surface area contributed by atoms with E-state index in [2.05, 4.69) is 10.3 Å². The summed E-state index contributed by atoms with van der Waals surface area (Å²) in [7, 11) is 0. The van der Waals surface area contributed by atoms with E-state index in [1.165, 1.54) is 4.90 Å². The van der Waals surface area contributed by atoms with Crippen molar-refractivity contribution in [2.24, 2.45) is 0 Å². The lowest BCUT2D eigenvalue weighted by Crippen LogP contribution is -2.45. The molecule has 3 aromatic rings. The first-order chi connectivity index (χ1) is 14.0.